The zero-order chi connectivity index (χ0) is 14.8. The van der Waals surface area contributed by atoms with E-state index in [1.165, 1.54) is 11.1 Å². The number of alkyl halides is 1. The van der Waals surface area contributed by atoms with Gasteiger partial charge in [-0.15, -0.1) is 11.6 Å². The number of hydrogen-bond donors (Lipinski definition) is 0. The van der Waals surface area contributed by atoms with Gasteiger partial charge in [-0.2, -0.15) is 0 Å². The third-order valence-electron chi connectivity index (χ3n) is 3.75. The van der Waals surface area contributed by atoms with Gasteiger partial charge in [0, 0.05) is 24.8 Å². The number of rotatable bonds is 5. The third kappa shape index (κ3) is 2.84. The average molecular weight is 303 g/mol. The molecule has 1 atom stereocenters. The number of aryl methyl sites for hydroxylation is 2. The van der Waals surface area contributed by atoms with Crippen molar-refractivity contribution >= 4 is 22.6 Å². The molecule has 1 unspecified atom stereocenters. The van der Waals surface area contributed by atoms with Crippen molar-refractivity contribution in [2.24, 2.45) is 0 Å². The molecular formula is C17H19ClN2O. The SMILES string of the molecule is Cc1ccc2nc(CCCl)n(C(C)Cc3ccco3)c2c1. The van der Waals surface area contributed by atoms with E-state index in [1.807, 2.05) is 12.1 Å². The number of fused-ring (bicyclic) bond motifs is 1. The molecule has 3 nitrogen and oxygen atoms in total. The van der Waals surface area contributed by atoms with Gasteiger partial charge in [0.15, 0.2) is 0 Å². The van der Waals surface area contributed by atoms with Crippen molar-refractivity contribution in [3.05, 3.63) is 53.7 Å². The van der Waals surface area contributed by atoms with Gasteiger partial charge in [0.2, 0.25) is 0 Å². The van der Waals surface area contributed by atoms with Crippen LogP contribution in [0.5, 0.6) is 0 Å². The maximum Gasteiger partial charge on any atom is 0.111 e. The van der Waals surface area contributed by atoms with Crippen molar-refractivity contribution in [1.82, 2.24) is 9.55 Å². The second kappa shape index (κ2) is 5.94. The Balaban J connectivity index is 2.05. The van der Waals surface area contributed by atoms with Crippen LogP contribution in [-0.4, -0.2) is 15.4 Å². The smallest absolute Gasteiger partial charge is 0.111 e. The maximum atomic E-state index is 5.94. The summed E-state index contributed by atoms with van der Waals surface area (Å²) in [6.07, 6.45) is 3.34. The minimum absolute atomic E-state index is 0.279. The van der Waals surface area contributed by atoms with Crippen LogP contribution in [-0.2, 0) is 12.8 Å². The average Bonchev–Trinajstić information content (AvgIpc) is 3.06. The first-order chi connectivity index (χ1) is 10.2. The first-order valence-corrected chi connectivity index (χ1v) is 7.78. The fraction of sp³-hybridized carbons (Fsp3) is 0.353. The van der Waals surface area contributed by atoms with Crippen LogP contribution in [0.4, 0.5) is 0 Å². The van der Waals surface area contributed by atoms with Gasteiger partial charge in [-0.25, -0.2) is 4.98 Å². The van der Waals surface area contributed by atoms with Crippen molar-refractivity contribution in [3.8, 4) is 0 Å². The molecule has 110 valence electrons. The molecule has 0 fully saturated rings. The Kier molecular flexibility index (Phi) is 4.02. The molecule has 0 N–H and O–H groups in total. The van der Waals surface area contributed by atoms with E-state index in [4.69, 9.17) is 21.0 Å². The van der Waals surface area contributed by atoms with E-state index in [1.54, 1.807) is 6.26 Å². The molecule has 3 aromatic rings. The number of aromatic nitrogens is 2. The summed E-state index contributed by atoms with van der Waals surface area (Å²) < 4.78 is 7.78. The second-order valence-corrected chi connectivity index (χ2v) is 5.84. The van der Waals surface area contributed by atoms with Gasteiger partial charge in [0.25, 0.3) is 0 Å². The first kappa shape index (κ1) is 14.2. The number of nitrogens with zero attached hydrogens (tertiary/aromatic N) is 2. The van der Waals surface area contributed by atoms with Crippen LogP contribution in [0.3, 0.4) is 0 Å². The number of hydrogen-bond acceptors (Lipinski definition) is 2. The summed E-state index contributed by atoms with van der Waals surface area (Å²) in [6, 6.07) is 10.6. The Labute approximate surface area is 129 Å². The lowest BCUT2D eigenvalue weighted by Crippen LogP contribution is -2.12. The van der Waals surface area contributed by atoms with E-state index in [-0.39, 0.29) is 6.04 Å². The zero-order valence-corrected chi connectivity index (χ0v) is 13.1. The Bertz CT molecular complexity index is 731. The fourth-order valence-corrected chi connectivity index (χ4v) is 2.99. The van der Waals surface area contributed by atoms with E-state index in [0.717, 1.165) is 29.9 Å². The highest BCUT2D eigenvalue weighted by atomic mass is 35.5. The number of halogens is 1. The molecule has 0 saturated heterocycles. The lowest BCUT2D eigenvalue weighted by Gasteiger charge is -2.16. The standard InChI is InChI=1S/C17H19ClN2O/c1-12-5-6-15-16(10-12)20(17(19-15)7-8-18)13(2)11-14-4-3-9-21-14/h3-6,9-10,13H,7-8,11H2,1-2H3. The lowest BCUT2D eigenvalue weighted by atomic mass is 10.1. The van der Waals surface area contributed by atoms with Crippen LogP contribution in [0.25, 0.3) is 11.0 Å². The molecule has 0 aliphatic carbocycles. The van der Waals surface area contributed by atoms with Gasteiger partial charge in [0.1, 0.15) is 11.6 Å². The van der Waals surface area contributed by atoms with Crippen LogP contribution < -0.4 is 0 Å². The van der Waals surface area contributed by atoms with Crippen molar-refractivity contribution < 1.29 is 4.42 Å². The molecule has 21 heavy (non-hydrogen) atoms. The van der Waals surface area contributed by atoms with Crippen molar-refractivity contribution in [2.45, 2.75) is 32.7 Å². The van der Waals surface area contributed by atoms with Crippen LogP contribution in [0, 0.1) is 6.92 Å². The Morgan fingerprint density at radius 1 is 1.33 bits per heavy atom. The second-order valence-electron chi connectivity index (χ2n) is 5.46. The first-order valence-electron chi connectivity index (χ1n) is 7.25. The largest absolute Gasteiger partial charge is 0.469 e. The van der Waals surface area contributed by atoms with Crippen LogP contribution in [0.2, 0.25) is 0 Å². The zero-order valence-electron chi connectivity index (χ0n) is 12.3. The predicted octanol–water partition coefficient (Wildman–Crippen LogP) is 4.52. The normalized spacial score (nSPS) is 12.9. The lowest BCUT2D eigenvalue weighted by molar-refractivity contribution is 0.447. The minimum Gasteiger partial charge on any atom is -0.469 e. The summed E-state index contributed by atoms with van der Waals surface area (Å²) >= 11 is 5.94. The molecule has 1 aromatic carbocycles. The van der Waals surface area contributed by atoms with Gasteiger partial charge < -0.3 is 8.98 Å². The topological polar surface area (TPSA) is 31.0 Å². The van der Waals surface area contributed by atoms with Gasteiger partial charge >= 0.3 is 0 Å². The summed E-state index contributed by atoms with van der Waals surface area (Å²) in [5.74, 6) is 2.62. The fourth-order valence-electron chi connectivity index (χ4n) is 2.82. The summed E-state index contributed by atoms with van der Waals surface area (Å²) in [5.41, 5.74) is 3.45. The number of imidazole rings is 1. The van der Waals surface area contributed by atoms with E-state index in [2.05, 4.69) is 36.6 Å². The summed E-state index contributed by atoms with van der Waals surface area (Å²) in [4.78, 5) is 4.74. The number of benzene rings is 1. The molecule has 2 heterocycles. The van der Waals surface area contributed by atoms with Crippen molar-refractivity contribution in [3.63, 3.8) is 0 Å². The molecule has 0 aliphatic heterocycles. The molecule has 0 radical (unpaired) electrons. The van der Waals surface area contributed by atoms with E-state index >= 15 is 0 Å². The Morgan fingerprint density at radius 3 is 2.90 bits per heavy atom. The van der Waals surface area contributed by atoms with E-state index in [9.17, 15) is 0 Å². The van der Waals surface area contributed by atoms with Gasteiger partial charge in [0.05, 0.1) is 17.3 Å². The molecule has 0 saturated carbocycles. The highest BCUT2D eigenvalue weighted by molar-refractivity contribution is 6.17. The van der Waals surface area contributed by atoms with Crippen LogP contribution >= 0.6 is 11.6 Å². The van der Waals surface area contributed by atoms with Gasteiger partial charge in [-0.3, -0.25) is 0 Å². The Hall–Kier alpha value is -1.74. The van der Waals surface area contributed by atoms with Crippen molar-refractivity contribution in [1.29, 1.82) is 0 Å². The molecule has 0 bridgehead atoms. The van der Waals surface area contributed by atoms with Crippen molar-refractivity contribution in [2.75, 3.05) is 5.88 Å². The van der Waals surface area contributed by atoms with E-state index < -0.39 is 0 Å². The van der Waals surface area contributed by atoms with E-state index in [0.29, 0.717) is 5.88 Å². The summed E-state index contributed by atoms with van der Waals surface area (Å²) in [6.45, 7) is 4.30. The number of furan rings is 1. The minimum atomic E-state index is 0.279. The molecule has 0 amide bonds. The van der Waals surface area contributed by atoms with Crippen LogP contribution in [0.1, 0.15) is 30.1 Å². The monoisotopic (exact) mass is 302 g/mol. The maximum absolute atomic E-state index is 5.94. The van der Waals surface area contributed by atoms with Gasteiger partial charge in [-0.05, 0) is 43.7 Å². The molecule has 3 rings (SSSR count). The summed E-state index contributed by atoms with van der Waals surface area (Å²) in [7, 11) is 0. The quantitative estimate of drug-likeness (QED) is 0.649. The molecule has 4 heteroatoms. The third-order valence-corrected chi connectivity index (χ3v) is 3.94. The molecular weight excluding hydrogens is 284 g/mol. The molecule has 2 aromatic heterocycles. The van der Waals surface area contributed by atoms with Gasteiger partial charge in [-0.1, -0.05) is 6.07 Å². The molecule has 0 spiro atoms. The highest BCUT2D eigenvalue weighted by Crippen LogP contribution is 2.25. The van der Waals surface area contributed by atoms with Crippen LogP contribution in [0.15, 0.2) is 41.0 Å². The Morgan fingerprint density at radius 2 is 2.19 bits per heavy atom. The summed E-state index contributed by atoms with van der Waals surface area (Å²) in [5, 5.41) is 0. The predicted molar refractivity (Wildman–Crippen MR) is 86.0 cm³/mol. The highest BCUT2D eigenvalue weighted by Gasteiger charge is 2.17. The molecule has 0 aliphatic rings.